The first kappa shape index (κ1) is 15.6. The van der Waals surface area contributed by atoms with Crippen LogP contribution in [-0.4, -0.2) is 40.3 Å². The van der Waals surface area contributed by atoms with Crippen LogP contribution >= 0.6 is 0 Å². The van der Waals surface area contributed by atoms with E-state index in [-0.39, 0.29) is 0 Å². The molecule has 122 valence electrons. The van der Waals surface area contributed by atoms with Crippen LogP contribution in [0.3, 0.4) is 0 Å². The number of hydrogen-bond donors (Lipinski definition) is 1. The largest absolute Gasteiger partial charge is 0.370 e. The Balaban J connectivity index is 1.53. The average molecular weight is 311 g/mol. The Hall–Kier alpha value is -2.30. The van der Waals surface area contributed by atoms with E-state index in [4.69, 9.17) is 5.73 Å². The molecule has 5 nitrogen and oxygen atoms in total. The molecule has 0 aliphatic carbocycles. The zero-order chi connectivity index (χ0) is 16.1. The number of guanidine groups is 1. The number of hydrogen-bond acceptors (Lipinski definition) is 2. The van der Waals surface area contributed by atoms with Crippen molar-refractivity contribution in [2.24, 2.45) is 16.6 Å². The predicted octanol–water partition coefficient (Wildman–Crippen LogP) is 2.46. The molecule has 2 N–H and O–H groups in total. The first-order chi connectivity index (χ1) is 11.2. The number of nitrogens with zero attached hydrogens (tertiary/aromatic N) is 4. The second kappa shape index (κ2) is 7.31. The molecular weight excluding hydrogens is 286 g/mol. The number of likely N-dealkylation sites (tertiary alicyclic amines) is 1. The maximum Gasteiger partial charge on any atom is 0.191 e. The van der Waals surface area contributed by atoms with Crippen molar-refractivity contribution in [1.29, 1.82) is 0 Å². The second-order valence-electron chi connectivity index (χ2n) is 6.30. The molecule has 1 unspecified atom stereocenters. The number of benzene rings is 1. The molecular formula is C18H25N5. The standard InChI is InChI=1S/C18H25N5/c1-15-4-2-12-22(14-15)18(19)20-11-9-16-5-7-17(8-6-16)23-13-3-10-21-23/h3,5-8,10,13,15H,2,4,9,11-12,14H2,1H3,(H2,19,20). The fourth-order valence-electron chi connectivity index (χ4n) is 3.03. The minimum atomic E-state index is 0.699. The van der Waals surface area contributed by atoms with Crippen LogP contribution in [0.25, 0.3) is 5.69 Å². The quantitative estimate of drug-likeness (QED) is 0.697. The van der Waals surface area contributed by atoms with Gasteiger partial charge in [0.2, 0.25) is 0 Å². The first-order valence-corrected chi connectivity index (χ1v) is 8.36. The molecule has 5 heteroatoms. The van der Waals surface area contributed by atoms with E-state index in [9.17, 15) is 0 Å². The summed E-state index contributed by atoms with van der Waals surface area (Å²) in [4.78, 5) is 6.77. The van der Waals surface area contributed by atoms with Gasteiger partial charge in [0, 0.05) is 32.0 Å². The lowest BCUT2D eigenvalue weighted by molar-refractivity contribution is 0.270. The number of rotatable bonds is 4. The van der Waals surface area contributed by atoms with Gasteiger partial charge in [0.05, 0.1) is 5.69 Å². The molecule has 1 atom stereocenters. The van der Waals surface area contributed by atoms with Crippen LogP contribution in [0.2, 0.25) is 0 Å². The molecule has 3 rings (SSSR count). The summed E-state index contributed by atoms with van der Waals surface area (Å²) in [6.45, 7) is 5.09. The molecule has 2 heterocycles. The Labute approximate surface area is 137 Å². The molecule has 1 aliphatic heterocycles. The Morgan fingerprint density at radius 2 is 2.17 bits per heavy atom. The van der Waals surface area contributed by atoms with Crippen molar-refractivity contribution in [2.45, 2.75) is 26.2 Å². The first-order valence-electron chi connectivity index (χ1n) is 8.36. The summed E-state index contributed by atoms with van der Waals surface area (Å²) >= 11 is 0. The summed E-state index contributed by atoms with van der Waals surface area (Å²) < 4.78 is 1.86. The van der Waals surface area contributed by atoms with Crippen LogP contribution in [0.5, 0.6) is 0 Å². The zero-order valence-electron chi connectivity index (χ0n) is 13.7. The van der Waals surface area contributed by atoms with Gasteiger partial charge in [-0.1, -0.05) is 19.1 Å². The van der Waals surface area contributed by atoms with Gasteiger partial charge < -0.3 is 10.6 Å². The molecule has 1 saturated heterocycles. The Morgan fingerprint density at radius 1 is 1.35 bits per heavy atom. The Kier molecular flexibility index (Phi) is 4.95. The van der Waals surface area contributed by atoms with Crippen LogP contribution in [-0.2, 0) is 6.42 Å². The molecule has 0 saturated carbocycles. The van der Waals surface area contributed by atoms with E-state index in [0.717, 1.165) is 31.7 Å². The van der Waals surface area contributed by atoms with Crippen LogP contribution < -0.4 is 5.73 Å². The maximum absolute atomic E-state index is 6.13. The maximum atomic E-state index is 6.13. The van der Waals surface area contributed by atoms with Crippen molar-refractivity contribution >= 4 is 5.96 Å². The van der Waals surface area contributed by atoms with E-state index < -0.39 is 0 Å². The van der Waals surface area contributed by atoms with E-state index in [0.29, 0.717) is 11.9 Å². The number of aromatic nitrogens is 2. The minimum absolute atomic E-state index is 0.699. The molecule has 0 spiro atoms. The van der Waals surface area contributed by atoms with Gasteiger partial charge >= 0.3 is 0 Å². The molecule has 0 bridgehead atoms. The van der Waals surface area contributed by atoms with Crippen LogP contribution in [0, 0.1) is 5.92 Å². The summed E-state index contributed by atoms with van der Waals surface area (Å²) in [5.74, 6) is 1.41. The van der Waals surface area contributed by atoms with E-state index in [1.165, 1.54) is 18.4 Å². The third kappa shape index (κ3) is 4.12. The topological polar surface area (TPSA) is 59.4 Å². The van der Waals surface area contributed by atoms with E-state index in [1.54, 1.807) is 6.20 Å². The predicted molar refractivity (Wildman–Crippen MR) is 93.7 cm³/mol. The molecule has 2 aromatic rings. The molecule has 1 aromatic heterocycles. The number of nitrogens with two attached hydrogens (primary N) is 1. The lowest BCUT2D eigenvalue weighted by Crippen LogP contribution is -2.43. The Morgan fingerprint density at radius 3 is 2.87 bits per heavy atom. The van der Waals surface area contributed by atoms with Crippen molar-refractivity contribution in [3.63, 3.8) is 0 Å². The van der Waals surface area contributed by atoms with E-state index in [1.807, 2.05) is 16.9 Å². The van der Waals surface area contributed by atoms with E-state index >= 15 is 0 Å². The molecule has 1 aromatic carbocycles. The SMILES string of the molecule is CC1CCCN(C(N)=NCCc2ccc(-n3cccn3)cc2)C1. The highest BCUT2D eigenvalue weighted by atomic mass is 15.3. The van der Waals surface area contributed by atoms with Gasteiger partial charge in [0.15, 0.2) is 5.96 Å². The van der Waals surface area contributed by atoms with Crippen molar-refractivity contribution in [3.8, 4) is 5.69 Å². The fourth-order valence-corrected chi connectivity index (χ4v) is 3.03. The van der Waals surface area contributed by atoms with Gasteiger partial charge in [-0.2, -0.15) is 5.10 Å². The summed E-state index contributed by atoms with van der Waals surface area (Å²) in [5, 5.41) is 4.23. The van der Waals surface area contributed by atoms with Crippen LogP contribution in [0.15, 0.2) is 47.7 Å². The van der Waals surface area contributed by atoms with Gasteiger partial charge in [-0.15, -0.1) is 0 Å². The highest BCUT2D eigenvalue weighted by Crippen LogP contribution is 2.15. The number of aliphatic imine (C=N–C) groups is 1. The molecule has 1 aliphatic rings. The zero-order valence-corrected chi connectivity index (χ0v) is 13.7. The molecule has 1 fully saturated rings. The lowest BCUT2D eigenvalue weighted by Gasteiger charge is -2.31. The fraction of sp³-hybridized carbons (Fsp3) is 0.444. The third-order valence-electron chi connectivity index (χ3n) is 4.36. The summed E-state index contributed by atoms with van der Waals surface area (Å²) in [6.07, 6.45) is 7.15. The smallest absolute Gasteiger partial charge is 0.191 e. The third-order valence-corrected chi connectivity index (χ3v) is 4.36. The minimum Gasteiger partial charge on any atom is -0.370 e. The highest BCUT2D eigenvalue weighted by Gasteiger charge is 2.17. The summed E-state index contributed by atoms with van der Waals surface area (Å²) in [5.41, 5.74) is 8.47. The van der Waals surface area contributed by atoms with Gasteiger partial charge in [0.1, 0.15) is 0 Å². The average Bonchev–Trinajstić information content (AvgIpc) is 3.10. The summed E-state index contributed by atoms with van der Waals surface area (Å²) in [7, 11) is 0. The summed E-state index contributed by atoms with van der Waals surface area (Å²) in [6, 6.07) is 10.4. The van der Waals surface area contributed by atoms with Gasteiger partial charge in [-0.3, -0.25) is 4.99 Å². The van der Waals surface area contributed by atoms with Crippen molar-refractivity contribution in [1.82, 2.24) is 14.7 Å². The molecule has 0 radical (unpaired) electrons. The second-order valence-corrected chi connectivity index (χ2v) is 6.30. The van der Waals surface area contributed by atoms with Gasteiger partial charge in [0.25, 0.3) is 0 Å². The van der Waals surface area contributed by atoms with E-state index in [2.05, 4.69) is 46.2 Å². The lowest BCUT2D eigenvalue weighted by atomic mass is 10.0. The van der Waals surface area contributed by atoms with Crippen LogP contribution in [0.4, 0.5) is 0 Å². The van der Waals surface area contributed by atoms with Crippen molar-refractivity contribution < 1.29 is 0 Å². The van der Waals surface area contributed by atoms with Crippen LogP contribution in [0.1, 0.15) is 25.3 Å². The van der Waals surface area contributed by atoms with Crippen molar-refractivity contribution in [2.75, 3.05) is 19.6 Å². The molecule has 0 amide bonds. The van der Waals surface area contributed by atoms with Gasteiger partial charge in [-0.05, 0) is 48.9 Å². The highest BCUT2D eigenvalue weighted by molar-refractivity contribution is 5.78. The molecule has 23 heavy (non-hydrogen) atoms. The number of piperidine rings is 1. The van der Waals surface area contributed by atoms with Gasteiger partial charge in [-0.25, -0.2) is 4.68 Å². The normalized spacial score (nSPS) is 19.1. The Bertz CT molecular complexity index is 630. The van der Waals surface area contributed by atoms with Crippen molar-refractivity contribution in [3.05, 3.63) is 48.3 Å². The monoisotopic (exact) mass is 311 g/mol.